The van der Waals surface area contributed by atoms with E-state index in [4.69, 9.17) is 19.3 Å². The zero-order valence-corrected chi connectivity index (χ0v) is 13.6. The van der Waals surface area contributed by atoms with Crippen LogP contribution in [0.5, 0.6) is 17.2 Å². The van der Waals surface area contributed by atoms with Crippen LogP contribution in [-0.2, 0) is 12.8 Å². The summed E-state index contributed by atoms with van der Waals surface area (Å²) in [6, 6.07) is 14.1. The lowest BCUT2D eigenvalue weighted by molar-refractivity contribution is 0.351. The van der Waals surface area contributed by atoms with E-state index in [-0.39, 0.29) is 0 Å². The van der Waals surface area contributed by atoms with Gasteiger partial charge in [-0.3, -0.25) is 0 Å². The Hall–Kier alpha value is -2.20. The summed E-state index contributed by atoms with van der Waals surface area (Å²) in [4.78, 5) is 0. The lowest BCUT2D eigenvalue weighted by Gasteiger charge is -2.12. The summed E-state index contributed by atoms with van der Waals surface area (Å²) in [5, 5.41) is 7.00. The van der Waals surface area contributed by atoms with Crippen molar-refractivity contribution in [1.29, 1.82) is 0 Å². The Balaban J connectivity index is 0.00000116. The van der Waals surface area contributed by atoms with Crippen molar-refractivity contribution in [2.45, 2.75) is 12.8 Å². The monoisotopic (exact) mass is 304 g/mol. The molecule has 0 atom stereocenters. The van der Waals surface area contributed by atoms with E-state index in [2.05, 4.69) is 18.2 Å². The lowest BCUT2D eigenvalue weighted by Crippen LogP contribution is -1.98. The van der Waals surface area contributed by atoms with Crippen LogP contribution in [0, 0.1) is 0 Å². The molecule has 0 saturated carbocycles. The van der Waals surface area contributed by atoms with Crippen molar-refractivity contribution in [3.05, 3.63) is 53.6 Å². The molecule has 2 aromatic carbocycles. The van der Waals surface area contributed by atoms with Gasteiger partial charge in [0.2, 0.25) is 0 Å². The first-order chi connectivity index (χ1) is 10.8. The van der Waals surface area contributed by atoms with Gasteiger partial charge in [0.1, 0.15) is 5.75 Å². The van der Waals surface area contributed by atoms with Crippen LogP contribution in [0.2, 0.25) is 0 Å². The Morgan fingerprint density at radius 2 is 1.55 bits per heavy atom. The second-order valence-corrected chi connectivity index (χ2v) is 4.50. The Kier molecular flexibility index (Phi) is 7.86. The van der Waals surface area contributed by atoms with Gasteiger partial charge in [-0.15, -0.1) is 0 Å². The molecular weight excluding hydrogens is 280 g/mol. The molecule has 0 radical (unpaired) electrons. The summed E-state index contributed by atoms with van der Waals surface area (Å²) in [7, 11) is 6.01. The maximum atomic E-state index is 7.00. The van der Waals surface area contributed by atoms with E-state index in [0.717, 1.165) is 42.8 Å². The molecule has 1 N–H and O–H groups in total. The van der Waals surface area contributed by atoms with Crippen LogP contribution in [0.4, 0.5) is 0 Å². The smallest absolute Gasteiger partial charge is 0.163 e. The van der Waals surface area contributed by atoms with E-state index in [1.165, 1.54) is 5.56 Å². The SMILES string of the molecule is CO.COc1cccc(CCc2cccc(OC)c2OC)c1. The van der Waals surface area contributed by atoms with Crippen molar-refractivity contribution in [1.82, 2.24) is 0 Å². The van der Waals surface area contributed by atoms with E-state index in [0.29, 0.717) is 0 Å². The van der Waals surface area contributed by atoms with Crippen molar-refractivity contribution in [3.8, 4) is 17.2 Å². The highest BCUT2D eigenvalue weighted by atomic mass is 16.5. The van der Waals surface area contributed by atoms with Gasteiger partial charge in [-0.05, 0) is 42.2 Å². The fourth-order valence-electron chi connectivity index (χ4n) is 2.26. The molecule has 2 rings (SSSR count). The zero-order valence-electron chi connectivity index (χ0n) is 13.6. The van der Waals surface area contributed by atoms with Crippen LogP contribution in [0.25, 0.3) is 0 Å². The normalized spacial score (nSPS) is 9.50. The number of benzene rings is 2. The molecule has 0 aliphatic carbocycles. The number of rotatable bonds is 6. The molecule has 0 aromatic heterocycles. The average Bonchev–Trinajstić information content (AvgIpc) is 2.61. The standard InChI is InChI=1S/C17H20O3.CH4O/c1-18-15-8-4-6-13(12-15)10-11-14-7-5-9-16(19-2)17(14)20-3;1-2/h4-9,12H,10-11H2,1-3H3;2H,1H3. The predicted octanol–water partition coefficient (Wildman–Crippen LogP) is 3.11. The quantitative estimate of drug-likeness (QED) is 0.891. The number of methoxy groups -OCH3 is 3. The van der Waals surface area contributed by atoms with Crippen LogP contribution < -0.4 is 14.2 Å². The molecule has 0 bridgehead atoms. The van der Waals surface area contributed by atoms with Crippen LogP contribution in [0.15, 0.2) is 42.5 Å². The Morgan fingerprint density at radius 1 is 0.818 bits per heavy atom. The Bertz CT molecular complexity index is 567. The minimum atomic E-state index is 0.774. The molecular formula is C18H24O4. The largest absolute Gasteiger partial charge is 0.497 e. The number of aliphatic hydroxyl groups is 1. The van der Waals surface area contributed by atoms with E-state index in [9.17, 15) is 0 Å². The third-order valence-corrected chi connectivity index (χ3v) is 3.30. The summed E-state index contributed by atoms with van der Waals surface area (Å²) in [5.74, 6) is 2.48. The maximum Gasteiger partial charge on any atom is 0.163 e. The van der Waals surface area contributed by atoms with Crippen molar-refractivity contribution < 1.29 is 19.3 Å². The molecule has 0 aliphatic heterocycles. The van der Waals surface area contributed by atoms with Gasteiger partial charge < -0.3 is 19.3 Å². The van der Waals surface area contributed by atoms with Crippen LogP contribution >= 0.6 is 0 Å². The van der Waals surface area contributed by atoms with Gasteiger partial charge in [0, 0.05) is 7.11 Å². The van der Waals surface area contributed by atoms with Crippen LogP contribution in [0.1, 0.15) is 11.1 Å². The fraction of sp³-hybridized carbons (Fsp3) is 0.333. The third-order valence-electron chi connectivity index (χ3n) is 3.30. The predicted molar refractivity (Wildman–Crippen MR) is 88.1 cm³/mol. The molecule has 0 saturated heterocycles. The first-order valence-electron chi connectivity index (χ1n) is 7.06. The van der Waals surface area contributed by atoms with Crippen LogP contribution in [0.3, 0.4) is 0 Å². The molecule has 22 heavy (non-hydrogen) atoms. The molecule has 120 valence electrons. The van der Waals surface area contributed by atoms with E-state index in [1.807, 2.05) is 24.3 Å². The van der Waals surface area contributed by atoms with Gasteiger partial charge in [0.05, 0.1) is 21.3 Å². The molecule has 0 unspecified atom stereocenters. The summed E-state index contributed by atoms with van der Waals surface area (Å²) >= 11 is 0. The molecule has 0 spiro atoms. The number of ether oxygens (including phenoxy) is 3. The fourth-order valence-corrected chi connectivity index (χ4v) is 2.26. The molecule has 0 fully saturated rings. The lowest BCUT2D eigenvalue weighted by atomic mass is 10.0. The van der Waals surface area contributed by atoms with Gasteiger partial charge in [0.15, 0.2) is 11.5 Å². The van der Waals surface area contributed by atoms with Gasteiger partial charge in [-0.25, -0.2) is 0 Å². The highest BCUT2D eigenvalue weighted by Crippen LogP contribution is 2.31. The van der Waals surface area contributed by atoms with Crippen molar-refractivity contribution in [2.75, 3.05) is 28.4 Å². The van der Waals surface area contributed by atoms with E-state index in [1.54, 1.807) is 21.3 Å². The molecule has 4 heteroatoms. The number of aryl methyl sites for hydroxylation is 2. The van der Waals surface area contributed by atoms with Gasteiger partial charge >= 0.3 is 0 Å². The van der Waals surface area contributed by atoms with Crippen molar-refractivity contribution in [3.63, 3.8) is 0 Å². The zero-order chi connectivity index (χ0) is 16.4. The summed E-state index contributed by atoms with van der Waals surface area (Å²) in [6.45, 7) is 0. The Morgan fingerprint density at radius 3 is 2.18 bits per heavy atom. The highest BCUT2D eigenvalue weighted by molar-refractivity contribution is 5.47. The van der Waals surface area contributed by atoms with Gasteiger partial charge in [-0.2, -0.15) is 0 Å². The molecule has 2 aromatic rings. The molecule has 4 nitrogen and oxygen atoms in total. The van der Waals surface area contributed by atoms with Gasteiger partial charge in [0.25, 0.3) is 0 Å². The highest BCUT2D eigenvalue weighted by Gasteiger charge is 2.09. The first kappa shape index (κ1) is 17.9. The van der Waals surface area contributed by atoms with E-state index >= 15 is 0 Å². The molecule has 0 aliphatic rings. The summed E-state index contributed by atoms with van der Waals surface area (Å²) in [6.07, 6.45) is 1.83. The van der Waals surface area contributed by atoms with Crippen molar-refractivity contribution in [2.24, 2.45) is 0 Å². The first-order valence-corrected chi connectivity index (χ1v) is 7.06. The van der Waals surface area contributed by atoms with Crippen LogP contribution in [-0.4, -0.2) is 33.5 Å². The van der Waals surface area contributed by atoms with E-state index < -0.39 is 0 Å². The second-order valence-electron chi connectivity index (χ2n) is 4.50. The topological polar surface area (TPSA) is 47.9 Å². The summed E-state index contributed by atoms with van der Waals surface area (Å²) < 4.78 is 16.0. The van der Waals surface area contributed by atoms with Crippen molar-refractivity contribution >= 4 is 0 Å². The minimum absolute atomic E-state index is 0.774. The average molecular weight is 304 g/mol. The number of aliphatic hydroxyl groups excluding tert-OH is 1. The minimum Gasteiger partial charge on any atom is -0.497 e. The maximum absolute atomic E-state index is 7.00. The number of hydrogen-bond donors (Lipinski definition) is 1. The summed E-state index contributed by atoms with van der Waals surface area (Å²) in [5.41, 5.74) is 2.39. The molecule has 0 amide bonds. The van der Waals surface area contributed by atoms with Gasteiger partial charge in [-0.1, -0.05) is 24.3 Å². The number of para-hydroxylation sites is 1. The Labute approximate surface area is 132 Å². The third kappa shape index (κ3) is 4.67. The molecule has 0 heterocycles. The second kappa shape index (κ2) is 9.68. The number of hydrogen-bond acceptors (Lipinski definition) is 4.